The Labute approximate surface area is 114 Å². The fraction of sp³-hybridized carbons (Fsp3) is 0.417. The predicted octanol–water partition coefficient (Wildman–Crippen LogP) is 1.78. The van der Waals surface area contributed by atoms with Gasteiger partial charge in [-0.15, -0.1) is 0 Å². The minimum Gasteiger partial charge on any atom is -0.372 e. The van der Waals surface area contributed by atoms with Crippen molar-refractivity contribution in [2.24, 2.45) is 11.7 Å². The quantitative estimate of drug-likeness (QED) is 0.867. The Bertz CT molecular complexity index is 507. The van der Waals surface area contributed by atoms with Crippen molar-refractivity contribution in [3.8, 4) is 6.07 Å². The molecule has 0 bridgehead atoms. The standard InChI is InChI=1S/C12H13BrN4O/c13-9-4-8(6-16-11(9)5-14)17-10(12(15)18)3-7-1-2-7/h4,6-7,10,17H,1-3H2,(H2,15,18)/t10-/m1/s1. The molecule has 1 aromatic rings. The van der Waals surface area contributed by atoms with Crippen LogP contribution in [0.15, 0.2) is 16.7 Å². The fourth-order valence-electron chi connectivity index (χ4n) is 1.73. The molecule has 1 aliphatic rings. The maximum Gasteiger partial charge on any atom is 0.239 e. The first-order chi connectivity index (χ1) is 8.60. The summed E-state index contributed by atoms with van der Waals surface area (Å²) in [5.41, 5.74) is 6.37. The fourth-order valence-corrected chi connectivity index (χ4v) is 2.17. The molecular formula is C12H13BrN4O. The van der Waals surface area contributed by atoms with E-state index in [9.17, 15) is 4.79 Å². The van der Waals surface area contributed by atoms with E-state index in [4.69, 9.17) is 11.0 Å². The minimum atomic E-state index is -0.376. The molecule has 1 saturated carbocycles. The smallest absolute Gasteiger partial charge is 0.239 e. The second-order valence-corrected chi connectivity index (χ2v) is 5.30. The number of nitrogens with one attached hydrogen (secondary N) is 1. The first-order valence-electron chi connectivity index (χ1n) is 5.71. The van der Waals surface area contributed by atoms with Crippen LogP contribution < -0.4 is 11.1 Å². The van der Waals surface area contributed by atoms with E-state index in [1.54, 1.807) is 6.07 Å². The first-order valence-corrected chi connectivity index (χ1v) is 6.51. The lowest BCUT2D eigenvalue weighted by Crippen LogP contribution is -2.35. The van der Waals surface area contributed by atoms with Crippen LogP contribution in [-0.2, 0) is 4.79 Å². The van der Waals surface area contributed by atoms with Gasteiger partial charge in [0.15, 0.2) is 5.69 Å². The molecule has 1 fully saturated rings. The van der Waals surface area contributed by atoms with Crippen LogP contribution >= 0.6 is 15.9 Å². The number of anilines is 1. The Kier molecular flexibility index (Phi) is 3.82. The van der Waals surface area contributed by atoms with Crippen molar-refractivity contribution in [3.05, 3.63) is 22.4 Å². The van der Waals surface area contributed by atoms with Crippen LogP contribution in [0.25, 0.3) is 0 Å². The SMILES string of the molecule is N#Cc1ncc(N[C@H](CC2CC2)C(N)=O)cc1Br. The molecule has 1 aliphatic carbocycles. The topological polar surface area (TPSA) is 91.8 Å². The van der Waals surface area contributed by atoms with Gasteiger partial charge in [-0.2, -0.15) is 5.26 Å². The van der Waals surface area contributed by atoms with Crippen LogP contribution in [0.2, 0.25) is 0 Å². The summed E-state index contributed by atoms with van der Waals surface area (Å²) >= 11 is 3.26. The van der Waals surface area contributed by atoms with Crippen molar-refractivity contribution >= 4 is 27.5 Å². The Hall–Kier alpha value is -1.61. The lowest BCUT2D eigenvalue weighted by Gasteiger charge is -2.16. The number of primary amides is 1. The minimum absolute atomic E-state index is 0.318. The second-order valence-electron chi connectivity index (χ2n) is 4.44. The zero-order chi connectivity index (χ0) is 13.1. The van der Waals surface area contributed by atoms with Gasteiger partial charge >= 0.3 is 0 Å². The summed E-state index contributed by atoms with van der Waals surface area (Å²) in [7, 11) is 0. The van der Waals surface area contributed by atoms with E-state index in [1.165, 1.54) is 19.0 Å². The van der Waals surface area contributed by atoms with Crippen LogP contribution in [0.5, 0.6) is 0 Å². The molecule has 18 heavy (non-hydrogen) atoms. The average Bonchev–Trinajstić information content (AvgIpc) is 3.12. The normalized spacial score (nSPS) is 15.8. The van der Waals surface area contributed by atoms with E-state index in [0.29, 0.717) is 21.8 Å². The highest BCUT2D eigenvalue weighted by atomic mass is 79.9. The van der Waals surface area contributed by atoms with Crippen molar-refractivity contribution in [1.82, 2.24) is 4.98 Å². The van der Waals surface area contributed by atoms with Crippen LogP contribution in [0.3, 0.4) is 0 Å². The zero-order valence-corrected chi connectivity index (χ0v) is 11.3. The van der Waals surface area contributed by atoms with E-state index < -0.39 is 0 Å². The maximum atomic E-state index is 11.4. The summed E-state index contributed by atoms with van der Waals surface area (Å²) in [6.45, 7) is 0. The number of nitrogens with two attached hydrogens (primary N) is 1. The summed E-state index contributed by atoms with van der Waals surface area (Å²) in [4.78, 5) is 15.3. The lowest BCUT2D eigenvalue weighted by atomic mass is 10.1. The number of nitrogens with zero attached hydrogens (tertiary/aromatic N) is 2. The Balaban J connectivity index is 2.08. The van der Waals surface area contributed by atoms with Crippen molar-refractivity contribution in [2.75, 3.05) is 5.32 Å². The number of pyridine rings is 1. The molecule has 0 unspecified atom stereocenters. The third kappa shape index (κ3) is 3.20. The highest BCUT2D eigenvalue weighted by molar-refractivity contribution is 9.10. The number of aromatic nitrogens is 1. The van der Waals surface area contributed by atoms with Gasteiger partial charge in [0, 0.05) is 0 Å². The van der Waals surface area contributed by atoms with Gasteiger partial charge in [-0.05, 0) is 34.3 Å². The summed E-state index contributed by atoms with van der Waals surface area (Å²) in [6.07, 6.45) is 4.63. The Morgan fingerprint density at radius 2 is 2.44 bits per heavy atom. The molecule has 0 aromatic carbocycles. The predicted molar refractivity (Wildman–Crippen MR) is 70.6 cm³/mol. The molecule has 1 heterocycles. The van der Waals surface area contributed by atoms with Gasteiger partial charge in [-0.1, -0.05) is 12.8 Å². The van der Waals surface area contributed by atoms with E-state index >= 15 is 0 Å². The second kappa shape index (κ2) is 5.36. The number of carbonyl (C=O) groups is 1. The van der Waals surface area contributed by atoms with Gasteiger partial charge in [0.2, 0.25) is 5.91 Å². The summed E-state index contributed by atoms with van der Waals surface area (Å²) in [5, 5.41) is 11.8. The van der Waals surface area contributed by atoms with Gasteiger partial charge in [-0.25, -0.2) is 4.98 Å². The number of halogens is 1. The van der Waals surface area contributed by atoms with E-state index in [1.807, 2.05) is 6.07 Å². The van der Waals surface area contributed by atoms with Gasteiger partial charge in [0.25, 0.3) is 0 Å². The van der Waals surface area contributed by atoms with Crippen molar-refractivity contribution < 1.29 is 4.79 Å². The van der Waals surface area contributed by atoms with Crippen molar-refractivity contribution in [3.63, 3.8) is 0 Å². The molecule has 0 radical (unpaired) electrons. The van der Waals surface area contributed by atoms with Crippen molar-refractivity contribution in [1.29, 1.82) is 5.26 Å². The molecule has 6 heteroatoms. The monoisotopic (exact) mass is 308 g/mol. The average molecular weight is 309 g/mol. The largest absolute Gasteiger partial charge is 0.372 e. The van der Waals surface area contributed by atoms with Crippen LogP contribution in [0.1, 0.15) is 25.0 Å². The zero-order valence-electron chi connectivity index (χ0n) is 9.69. The molecule has 0 aliphatic heterocycles. The summed E-state index contributed by atoms with van der Waals surface area (Å²) in [6, 6.07) is 3.32. The number of hydrogen-bond donors (Lipinski definition) is 2. The lowest BCUT2D eigenvalue weighted by molar-refractivity contribution is -0.118. The van der Waals surface area contributed by atoms with E-state index in [2.05, 4.69) is 26.2 Å². The molecule has 2 rings (SSSR count). The maximum absolute atomic E-state index is 11.4. The molecule has 1 amide bonds. The highest BCUT2D eigenvalue weighted by Crippen LogP contribution is 2.34. The number of amides is 1. The summed E-state index contributed by atoms with van der Waals surface area (Å²) < 4.78 is 0.602. The number of rotatable bonds is 5. The molecule has 1 atom stereocenters. The molecule has 94 valence electrons. The first kappa shape index (κ1) is 12.8. The molecule has 0 spiro atoms. The van der Waals surface area contributed by atoms with Crippen LogP contribution in [0, 0.1) is 17.2 Å². The van der Waals surface area contributed by atoms with E-state index in [-0.39, 0.29) is 11.9 Å². The Morgan fingerprint density at radius 1 is 1.72 bits per heavy atom. The van der Waals surface area contributed by atoms with Gasteiger partial charge in [0.1, 0.15) is 12.1 Å². The van der Waals surface area contributed by atoms with Crippen LogP contribution in [-0.4, -0.2) is 16.9 Å². The molecule has 3 N–H and O–H groups in total. The number of nitriles is 1. The molecule has 1 aromatic heterocycles. The third-order valence-electron chi connectivity index (χ3n) is 2.90. The molecule has 5 nitrogen and oxygen atoms in total. The number of hydrogen-bond acceptors (Lipinski definition) is 4. The third-order valence-corrected chi connectivity index (χ3v) is 3.50. The summed E-state index contributed by atoms with van der Waals surface area (Å²) in [5.74, 6) is 0.243. The van der Waals surface area contributed by atoms with Crippen LogP contribution in [0.4, 0.5) is 5.69 Å². The highest BCUT2D eigenvalue weighted by Gasteiger charge is 2.28. The molecule has 0 saturated heterocycles. The molecular weight excluding hydrogens is 296 g/mol. The van der Waals surface area contributed by atoms with E-state index in [0.717, 1.165) is 6.42 Å². The van der Waals surface area contributed by atoms with Gasteiger partial charge in [-0.3, -0.25) is 4.79 Å². The van der Waals surface area contributed by atoms with Gasteiger partial charge in [0.05, 0.1) is 16.4 Å². The van der Waals surface area contributed by atoms with Gasteiger partial charge < -0.3 is 11.1 Å². The Morgan fingerprint density at radius 3 is 2.94 bits per heavy atom. The number of carbonyl (C=O) groups excluding carboxylic acids is 1. The van der Waals surface area contributed by atoms with Crippen molar-refractivity contribution in [2.45, 2.75) is 25.3 Å².